The Bertz CT molecular complexity index is 513. The van der Waals surface area contributed by atoms with Gasteiger partial charge in [-0.3, -0.25) is 0 Å². The van der Waals surface area contributed by atoms with Gasteiger partial charge in [0.1, 0.15) is 11.5 Å². The lowest BCUT2D eigenvalue weighted by atomic mass is 9.76. The van der Waals surface area contributed by atoms with E-state index in [1.54, 1.807) is 0 Å². The van der Waals surface area contributed by atoms with Crippen LogP contribution >= 0.6 is 0 Å². The van der Waals surface area contributed by atoms with Crippen LogP contribution in [-0.4, -0.2) is 6.54 Å². The maximum Gasteiger partial charge on any atom is 0.121 e. The molecule has 0 saturated heterocycles. The number of likely N-dealkylation sites (N-methyl/N-ethyl adjacent to an activating group) is 1. The molecule has 2 nitrogen and oxygen atoms in total. The highest BCUT2D eigenvalue weighted by Crippen LogP contribution is 2.37. The van der Waals surface area contributed by atoms with Gasteiger partial charge in [0, 0.05) is 5.41 Å². The second kappa shape index (κ2) is 5.62. The van der Waals surface area contributed by atoms with Crippen LogP contribution in [0, 0.1) is 6.92 Å². The molecule has 1 N–H and O–H groups in total. The van der Waals surface area contributed by atoms with Crippen molar-refractivity contribution in [3.05, 3.63) is 59.5 Å². The Labute approximate surface area is 115 Å². The number of nitrogens with one attached hydrogen (secondary N) is 1. The van der Waals surface area contributed by atoms with E-state index in [9.17, 15) is 0 Å². The molecule has 1 unspecified atom stereocenters. The van der Waals surface area contributed by atoms with Gasteiger partial charge in [0.2, 0.25) is 0 Å². The van der Waals surface area contributed by atoms with Crippen LogP contribution in [0.5, 0.6) is 0 Å². The standard InChI is InChI=1S/C17H23NO/c1-5-18-16(15-12-11-13(2)19-15)17(3,4)14-9-7-6-8-10-14/h6-12,16,18H,5H2,1-4H3. The average Bonchev–Trinajstić information content (AvgIpc) is 2.83. The number of aryl methyl sites for hydroxylation is 1. The fourth-order valence-electron chi connectivity index (χ4n) is 2.56. The van der Waals surface area contributed by atoms with E-state index in [1.165, 1.54) is 5.56 Å². The van der Waals surface area contributed by atoms with Crippen molar-refractivity contribution in [3.8, 4) is 0 Å². The van der Waals surface area contributed by atoms with E-state index >= 15 is 0 Å². The van der Waals surface area contributed by atoms with Gasteiger partial charge in [0.15, 0.2) is 0 Å². The lowest BCUT2D eigenvalue weighted by Crippen LogP contribution is -2.37. The monoisotopic (exact) mass is 257 g/mol. The van der Waals surface area contributed by atoms with Crippen LogP contribution in [0.3, 0.4) is 0 Å². The first-order valence-corrected chi connectivity index (χ1v) is 6.91. The Balaban J connectivity index is 2.38. The van der Waals surface area contributed by atoms with E-state index < -0.39 is 0 Å². The molecule has 0 fully saturated rings. The minimum Gasteiger partial charge on any atom is -0.465 e. The number of benzene rings is 1. The van der Waals surface area contributed by atoms with Gasteiger partial charge in [-0.25, -0.2) is 0 Å². The lowest BCUT2D eigenvalue weighted by molar-refractivity contribution is 0.297. The highest BCUT2D eigenvalue weighted by atomic mass is 16.3. The molecule has 19 heavy (non-hydrogen) atoms. The second-order valence-electron chi connectivity index (χ2n) is 5.53. The van der Waals surface area contributed by atoms with Crippen LogP contribution in [0.4, 0.5) is 0 Å². The molecule has 0 bridgehead atoms. The first kappa shape index (κ1) is 13.9. The van der Waals surface area contributed by atoms with Gasteiger partial charge in [-0.1, -0.05) is 51.1 Å². The van der Waals surface area contributed by atoms with Crippen molar-refractivity contribution < 1.29 is 4.42 Å². The molecular weight excluding hydrogens is 234 g/mol. The normalized spacial score (nSPS) is 13.5. The third-order valence-corrected chi connectivity index (χ3v) is 3.69. The second-order valence-corrected chi connectivity index (χ2v) is 5.53. The predicted molar refractivity (Wildman–Crippen MR) is 79.3 cm³/mol. The summed E-state index contributed by atoms with van der Waals surface area (Å²) >= 11 is 0. The van der Waals surface area contributed by atoms with Gasteiger partial charge in [-0.15, -0.1) is 0 Å². The van der Waals surface area contributed by atoms with E-state index in [-0.39, 0.29) is 11.5 Å². The summed E-state index contributed by atoms with van der Waals surface area (Å²) in [6.45, 7) is 9.55. The summed E-state index contributed by atoms with van der Waals surface area (Å²) in [4.78, 5) is 0. The number of rotatable bonds is 5. The zero-order chi connectivity index (χ0) is 13.9. The number of furan rings is 1. The van der Waals surface area contributed by atoms with Crippen LogP contribution in [0.25, 0.3) is 0 Å². The topological polar surface area (TPSA) is 25.2 Å². The predicted octanol–water partition coefficient (Wildman–Crippen LogP) is 4.22. The molecule has 0 saturated carbocycles. The minimum atomic E-state index is -0.0262. The molecule has 2 rings (SSSR count). The molecule has 0 amide bonds. The zero-order valence-electron chi connectivity index (χ0n) is 12.2. The first-order valence-electron chi connectivity index (χ1n) is 6.91. The van der Waals surface area contributed by atoms with Gasteiger partial charge < -0.3 is 9.73 Å². The molecule has 1 aromatic carbocycles. The maximum atomic E-state index is 5.84. The molecule has 0 spiro atoms. The Hall–Kier alpha value is -1.54. The van der Waals surface area contributed by atoms with Crippen molar-refractivity contribution in [1.29, 1.82) is 0 Å². The van der Waals surface area contributed by atoms with Crippen LogP contribution < -0.4 is 5.32 Å². The van der Waals surface area contributed by atoms with Gasteiger partial charge in [-0.2, -0.15) is 0 Å². The highest BCUT2D eigenvalue weighted by molar-refractivity contribution is 5.29. The Morgan fingerprint density at radius 1 is 1.11 bits per heavy atom. The highest BCUT2D eigenvalue weighted by Gasteiger charge is 2.33. The summed E-state index contributed by atoms with van der Waals surface area (Å²) in [5, 5.41) is 3.56. The van der Waals surface area contributed by atoms with Gasteiger partial charge in [0.25, 0.3) is 0 Å². The van der Waals surface area contributed by atoms with Gasteiger partial charge in [-0.05, 0) is 31.2 Å². The van der Waals surface area contributed by atoms with Crippen molar-refractivity contribution in [1.82, 2.24) is 5.32 Å². The lowest BCUT2D eigenvalue weighted by Gasteiger charge is -2.34. The molecule has 1 atom stereocenters. The summed E-state index contributed by atoms with van der Waals surface area (Å²) in [5.74, 6) is 1.97. The van der Waals surface area contributed by atoms with Gasteiger partial charge >= 0.3 is 0 Å². The van der Waals surface area contributed by atoms with Crippen molar-refractivity contribution in [2.75, 3.05) is 6.54 Å². The smallest absolute Gasteiger partial charge is 0.121 e. The van der Waals surface area contributed by atoms with Crippen molar-refractivity contribution in [2.24, 2.45) is 0 Å². The summed E-state index contributed by atoms with van der Waals surface area (Å²) in [6, 6.07) is 14.9. The molecule has 1 aromatic heterocycles. The van der Waals surface area contributed by atoms with E-state index in [0.717, 1.165) is 18.1 Å². The molecule has 0 aliphatic carbocycles. The van der Waals surface area contributed by atoms with Gasteiger partial charge in [0.05, 0.1) is 6.04 Å². The molecule has 0 aliphatic rings. The SMILES string of the molecule is CCNC(c1ccc(C)o1)C(C)(C)c1ccccc1. The molecule has 0 aliphatic heterocycles. The van der Waals surface area contributed by atoms with E-state index in [4.69, 9.17) is 4.42 Å². The van der Waals surface area contributed by atoms with Crippen LogP contribution in [0.2, 0.25) is 0 Å². The van der Waals surface area contributed by atoms with Crippen molar-refractivity contribution in [3.63, 3.8) is 0 Å². The molecule has 2 heteroatoms. The molecule has 2 aromatic rings. The minimum absolute atomic E-state index is 0.0262. The van der Waals surface area contributed by atoms with E-state index in [1.807, 2.05) is 13.0 Å². The maximum absolute atomic E-state index is 5.84. The fourth-order valence-corrected chi connectivity index (χ4v) is 2.56. The number of hydrogen-bond acceptors (Lipinski definition) is 2. The Morgan fingerprint density at radius 2 is 1.79 bits per heavy atom. The fraction of sp³-hybridized carbons (Fsp3) is 0.412. The average molecular weight is 257 g/mol. The zero-order valence-corrected chi connectivity index (χ0v) is 12.2. The van der Waals surface area contributed by atoms with Crippen molar-refractivity contribution in [2.45, 2.75) is 39.2 Å². The third kappa shape index (κ3) is 2.90. The largest absolute Gasteiger partial charge is 0.465 e. The Morgan fingerprint density at radius 3 is 2.32 bits per heavy atom. The summed E-state index contributed by atoms with van der Waals surface area (Å²) in [6.07, 6.45) is 0. The molecule has 1 heterocycles. The van der Waals surface area contributed by atoms with E-state index in [0.29, 0.717) is 0 Å². The summed E-state index contributed by atoms with van der Waals surface area (Å²) in [5.41, 5.74) is 1.29. The quantitative estimate of drug-likeness (QED) is 0.867. The first-order chi connectivity index (χ1) is 9.05. The number of hydrogen-bond donors (Lipinski definition) is 1. The Kier molecular flexibility index (Phi) is 4.11. The summed E-state index contributed by atoms with van der Waals surface area (Å²) < 4.78 is 5.84. The van der Waals surface area contributed by atoms with E-state index in [2.05, 4.69) is 62.5 Å². The third-order valence-electron chi connectivity index (χ3n) is 3.69. The molecule has 0 radical (unpaired) electrons. The summed E-state index contributed by atoms with van der Waals surface area (Å²) in [7, 11) is 0. The van der Waals surface area contributed by atoms with Crippen LogP contribution in [0.1, 0.15) is 43.9 Å². The van der Waals surface area contributed by atoms with Crippen molar-refractivity contribution >= 4 is 0 Å². The molecular formula is C17H23NO. The molecule has 102 valence electrons. The van der Waals surface area contributed by atoms with Crippen LogP contribution in [0.15, 0.2) is 46.9 Å². The van der Waals surface area contributed by atoms with Crippen LogP contribution in [-0.2, 0) is 5.41 Å².